The minimum atomic E-state index is 0.444. The van der Waals surface area contributed by atoms with Crippen LogP contribution in [0.25, 0.3) is 0 Å². The monoisotopic (exact) mass is 238 g/mol. The van der Waals surface area contributed by atoms with Gasteiger partial charge in [0.1, 0.15) is 0 Å². The van der Waals surface area contributed by atoms with Crippen molar-refractivity contribution in [2.24, 2.45) is 11.8 Å². The molecule has 17 heavy (non-hydrogen) atoms. The maximum Gasteiger partial charge on any atom is 0.0334 e. The van der Waals surface area contributed by atoms with E-state index in [0.29, 0.717) is 11.6 Å². The van der Waals surface area contributed by atoms with Crippen LogP contribution in [0.5, 0.6) is 0 Å². The minimum Gasteiger partial charge on any atom is -0.311 e. The molecule has 2 heteroatoms. The molecule has 2 nitrogen and oxygen atoms in total. The zero-order valence-electron chi connectivity index (χ0n) is 12.1. The van der Waals surface area contributed by atoms with Crippen molar-refractivity contribution in [2.75, 3.05) is 19.6 Å². The Bertz CT molecular complexity index is 249. The molecule has 1 aliphatic carbocycles. The van der Waals surface area contributed by atoms with Crippen LogP contribution >= 0.6 is 0 Å². The molecule has 2 rings (SSSR count). The van der Waals surface area contributed by atoms with Crippen LogP contribution in [0.1, 0.15) is 53.4 Å². The first kappa shape index (κ1) is 13.4. The SMILES string of the molecule is CCCN1CC(C(C)CC)NCC1(C)C1CC1. The third kappa shape index (κ3) is 2.68. The molecule has 0 radical (unpaired) electrons. The van der Waals surface area contributed by atoms with E-state index < -0.39 is 0 Å². The molecule has 1 aliphatic heterocycles. The van der Waals surface area contributed by atoms with Crippen molar-refractivity contribution >= 4 is 0 Å². The molecule has 3 unspecified atom stereocenters. The second kappa shape index (κ2) is 5.27. The highest BCUT2D eigenvalue weighted by molar-refractivity contribution is 5.05. The van der Waals surface area contributed by atoms with Crippen molar-refractivity contribution in [3.05, 3.63) is 0 Å². The fourth-order valence-electron chi connectivity index (χ4n) is 3.35. The molecule has 0 spiro atoms. The van der Waals surface area contributed by atoms with Crippen molar-refractivity contribution in [3.63, 3.8) is 0 Å². The van der Waals surface area contributed by atoms with Crippen molar-refractivity contribution in [1.82, 2.24) is 10.2 Å². The molecule has 0 bridgehead atoms. The van der Waals surface area contributed by atoms with Gasteiger partial charge in [-0.2, -0.15) is 0 Å². The molecule has 2 fully saturated rings. The third-order valence-corrected chi connectivity index (χ3v) is 5.14. The highest BCUT2D eigenvalue weighted by Crippen LogP contribution is 2.44. The summed E-state index contributed by atoms with van der Waals surface area (Å²) in [5.41, 5.74) is 0.444. The number of nitrogens with zero attached hydrogens (tertiary/aromatic N) is 1. The first-order chi connectivity index (χ1) is 8.11. The molecule has 3 atom stereocenters. The summed E-state index contributed by atoms with van der Waals surface area (Å²) in [5.74, 6) is 1.76. The standard InChI is InChI=1S/C15H30N2/c1-5-9-17-10-14(12(3)6-2)16-11-15(17,4)13-7-8-13/h12-14,16H,5-11H2,1-4H3. The summed E-state index contributed by atoms with van der Waals surface area (Å²) >= 11 is 0. The highest BCUT2D eigenvalue weighted by Gasteiger charge is 2.48. The molecule has 2 aliphatic rings. The van der Waals surface area contributed by atoms with Crippen LogP contribution in [-0.2, 0) is 0 Å². The Morgan fingerprint density at radius 1 is 1.35 bits per heavy atom. The van der Waals surface area contributed by atoms with Crippen LogP contribution in [0.4, 0.5) is 0 Å². The summed E-state index contributed by atoms with van der Waals surface area (Å²) < 4.78 is 0. The smallest absolute Gasteiger partial charge is 0.0334 e. The molecule has 0 amide bonds. The van der Waals surface area contributed by atoms with Crippen molar-refractivity contribution in [3.8, 4) is 0 Å². The Hall–Kier alpha value is -0.0800. The van der Waals surface area contributed by atoms with Gasteiger partial charge in [0.2, 0.25) is 0 Å². The van der Waals surface area contributed by atoms with Crippen LogP contribution in [-0.4, -0.2) is 36.1 Å². The summed E-state index contributed by atoms with van der Waals surface area (Å²) in [7, 11) is 0. The number of hydrogen-bond acceptors (Lipinski definition) is 2. The predicted molar refractivity (Wildman–Crippen MR) is 74.2 cm³/mol. The topological polar surface area (TPSA) is 15.3 Å². The number of hydrogen-bond donors (Lipinski definition) is 1. The lowest BCUT2D eigenvalue weighted by Gasteiger charge is -2.50. The van der Waals surface area contributed by atoms with Gasteiger partial charge < -0.3 is 5.32 Å². The number of piperazine rings is 1. The fraction of sp³-hybridized carbons (Fsp3) is 1.00. The lowest BCUT2D eigenvalue weighted by molar-refractivity contribution is 0.0236. The van der Waals surface area contributed by atoms with Gasteiger partial charge in [0.25, 0.3) is 0 Å². The van der Waals surface area contributed by atoms with Crippen LogP contribution in [0, 0.1) is 11.8 Å². The summed E-state index contributed by atoms with van der Waals surface area (Å²) in [4.78, 5) is 2.79. The van der Waals surface area contributed by atoms with E-state index in [2.05, 4.69) is 37.9 Å². The number of nitrogens with one attached hydrogen (secondary N) is 1. The molecule has 100 valence electrons. The van der Waals surface area contributed by atoms with Crippen LogP contribution < -0.4 is 5.32 Å². The zero-order valence-corrected chi connectivity index (χ0v) is 12.1. The first-order valence-electron chi connectivity index (χ1n) is 7.60. The van der Waals surface area contributed by atoms with Crippen molar-refractivity contribution < 1.29 is 0 Å². The Kier molecular flexibility index (Phi) is 4.14. The largest absolute Gasteiger partial charge is 0.311 e. The Labute approximate surface area is 107 Å². The van der Waals surface area contributed by atoms with E-state index in [4.69, 9.17) is 0 Å². The second-order valence-electron chi connectivity index (χ2n) is 6.45. The fourth-order valence-corrected chi connectivity index (χ4v) is 3.35. The molecule has 1 saturated heterocycles. The van der Waals surface area contributed by atoms with Crippen molar-refractivity contribution in [2.45, 2.75) is 65.0 Å². The Morgan fingerprint density at radius 3 is 2.59 bits per heavy atom. The van der Waals surface area contributed by atoms with Gasteiger partial charge in [-0.25, -0.2) is 0 Å². The normalized spacial score (nSPS) is 37.1. The second-order valence-corrected chi connectivity index (χ2v) is 6.45. The molecular formula is C15H30N2. The molecule has 0 aromatic rings. The quantitative estimate of drug-likeness (QED) is 0.792. The van der Waals surface area contributed by atoms with E-state index in [9.17, 15) is 0 Å². The average Bonchev–Trinajstić information content (AvgIpc) is 3.15. The lowest BCUT2D eigenvalue weighted by atomic mass is 9.86. The van der Waals surface area contributed by atoms with Gasteiger partial charge in [0.05, 0.1) is 0 Å². The zero-order chi connectivity index (χ0) is 12.5. The van der Waals surface area contributed by atoms with E-state index in [0.717, 1.165) is 11.8 Å². The molecule has 1 heterocycles. The molecular weight excluding hydrogens is 208 g/mol. The summed E-state index contributed by atoms with van der Waals surface area (Å²) in [5, 5.41) is 3.83. The third-order valence-electron chi connectivity index (χ3n) is 5.14. The van der Waals surface area contributed by atoms with Crippen LogP contribution in [0.15, 0.2) is 0 Å². The molecule has 0 aromatic heterocycles. The van der Waals surface area contributed by atoms with Gasteiger partial charge in [0, 0.05) is 24.7 Å². The van der Waals surface area contributed by atoms with Gasteiger partial charge >= 0.3 is 0 Å². The van der Waals surface area contributed by atoms with Crippen molar-refractivity contribution in [1.29, 1.82) is 0 Å². The minimum absolute atomic E-state index is 0.444. The van der Waals surface area contributed by atoms with Gasteiger partial charge in [-0.15, -0.1) is 0 Å². The predicted octanol–water partition coefficient (Wildman–Crippen LogP) is 2.89. The van der Waals surface area contributed by atoms with Crippen LogP contribution in [0.2, 0.25) is 0 Å². The van der Waals surface area contributed by atoms with E-state index in [1.165, 1.54) is 45.3 Å². The number of rotatable bonds is 5. The van der Waals surface area contributed by atoms with Gasteiger partial charge in [-0.1, -0.05) is 27.2 Å². The Morgan fingerprint density at radius 2 is 2.06 bits per heavy atom. The first-order valence-corrected chi connectivity index (χ1v) is 7.60. The van der Waals surface area contributed by atoms with E-state index in [1.807, 2.05) is 0 Å². The van der Waals surface area contributed by atoms with Gasteiger partial charge in [0.15, 0.2) is 0 Å². The maximum atomic E-state index is 3.83. The molecule has 1 saturated carbocycles. The Balaban J connectivity index is 2.02. The summed E-state index contributed by atoms with van der Waals surface area (Å²) in [6.45, 7) is 13.2. The molecule has 1 N–H and O–H groups in total. The lowest BCUT2D eigenvalue weighted by Crippen LogP contribution is -2.65. The summed E-state index contributed by atoms with van der Waals surface area (Å²) in [6.07, 6.45) is 5.48. The molecule has 0 aromatic carbocycles. The highest BCUT2D eigenvalue weighted by atomic mass is 15.3. The summed E-state index contributed by atoms with van der Waals surface area (Å²) in [6, 6.07) is 0.707. The van der Waals surface area contributed by atoms with Crippen LogP contribution in [0.3, 0.4) is 0 Å². The van der Waals surface area contributed by atoms with Gasteiger partial charge in [-0.05, 0) is 44.6 Å². The maximum absolute atomic E-state index is 3.83. The average molecular weight is 238 g/mol. The van der Waals surface area contributed by atoms with E-state index in [-0.39, 0.29) is 0 Å². The van der Waals surface area contributed by atoms with E-state index in [1.54, 1.807) is 0 Å². The van der Waals surface area contributed by atoms with E-state index >= 15 is 0 Å². The van der Waals surface area contributed by atoms with Gasteiger partial charge in [-0.3, -0.25) is 4.90 Å².